The third-order valence-electron chi connectivity index (χ3n) is 6.16. The van der Waals surface area contributed by atoms with E-state index in [4.69, 9.17) is 32.5 Å². The Hall–Kier alpha value is -2.54. The molecule has 1 saturated heterocycles. The van der Waals surface area contributed by atoms with Gasteiger partial charge in [0.05, 0.1) is 16.1 Å². The lowest BCUT2D eigenvalue weighted by Gasteiger charge is -2.21. The predicted octanol–water partition coefficient (Wildman–Crippen LogP) is 6.86. The lowest BCUT2D eigenvalue weighted by atomic mass is 10.0. The number of carbonyl (C=O) groups is 1. The van der Waals surface area contributed by atoms with Gasteiger partial charge in [0.1, 0.15) is 17.0 Å². The molecule has 34 heavy (non-hydrogen) atoms. The molecule has 0 unspecified atom stereocenters. The SMILES string of the molecule is CCN(CC)c1ccc(NC(=O)c2c(-c3c(Cl)cccc3Cl)noc2CC[C@H]2CCCO2)cc1. The fourth-order valence-electron chi connectivity index (χ4n) is 4.33. The van der Waals surface area contributed by atoms with Gasteiger partial charge in [-0.3, -0.25) is 4.79 Å². The van der Waals surface area contributed by atoms with Crippen molar-refractivity contribution in [1.82, 2.24) is 5.16 Å². The number of benzene rings is 2. The first-order valence-corrected chi connectivity index (χ1v) is 12.5. The highest BCUT2D eigenvalue weighted by Gasteiger charge is 2.28. The molecule has 8 heteroatoms. The standard InChI is InChI=1S/C26H29Cl2N3O3/c1-3-31(4-2)18-12-10-17(11-13-18)29-26(32)24-22(15-14-19-7-6-16-33-19)34-30-25(24)23-20(27)8-5-9-21(23)28/h5,8-13,19H,3-4,6-7,14-16H2,1-2H3,(H,29,32)/t19-/m1/s1. The molecule has 6 nitrogen and oxygen atoms in total. The first kappa shape index (κ1) is 24.6. The number of halogens is 2. The van der Waals surface area contributed by atoms with E-state index in [0.29, 0.717) is 44.7 Å². The topological polar surface area (TPSA) is 67.6 Å². The van der Waals surface area contributed by atoms with Gasteiger partial charge in [-0.2, -0.15) is 0 Å². The van der Waals surface area contributed by atoms with Gasteiger partial charge >= 0.3 is 0 Å². The second kappa shape index (κ2) is 11.3. The second-order valence-corrected chi connectivity index (χ2v) is 9.09. The fourth-order valence-corrected chi connectivity index (χ4v) is 4.90. The van der Waals surface area contributed by atoms with E-state index in [2.05, 4.69) is 29.2 Å². The van der Waals surface area contributed by atoms with Crippen molar-refractivity contribution < 1.29 is 14.1 Å². The summed E-state index contributed by atoms with van der Waals surface area (Å²) in [6.07, 6.45) is 3.52. The van der Waals surface area contributed by atoms with E-state index in [1.54, 1.807) is 18.2 Å². The molecule has 1 aromatic heterocycles. The van der Waals surface area contributed by atoms with Gasteiger partial charge in [-0.25, -0.2) is 0 Å². The lowest BCUT2D eigenvalue weighted by Crippen LogP contribution is -2.21. The van der Waals surface area contributed by atoms with Crippen LogP contribution in [0.25, 0.3) is 11.3 Å². The Bertz CT molecular complexity index is 1100. The molecule has 1 aliphatic heterocycles. The lowest BCUT2D eigenvalue weighted by molar-refractivity contribution is 0.1000. The Morgan fingerprint density at radius 1 is 1.12 bits per heavy atom. The summed E-state index contributed by atoms with van der Waals surface area (Å²) in [5.41, 5.74) is 2.97. The normalized spacial score (nSPS) is 15.5. The van der Waals surface area contributed by atoms with Crippen LogP contribution in [0.4, 0.5) is 11.4 Å². The highest BCUT2D eigenvalue weighted by atomic mass is 35.5. The number of anilines is 2. The number of nitrogens with one attached hydrogen (secondary N) is 1. The van der Waals surface area contributed by atoms with Gasteiger partial charge in [-0.1, -0.05) is 34.4 Å². The number of amides is 1. The molecule has 0 spiro atoms. The third kappa shape index (κ3) is 5.40. The van der Waals surface area contributed by atoms with E-state index in [0.717, 1.165) is 44.6 Å². The van der Waals surface area contributed by atoms with Gasteiger partial charge in [0.25, 0.3) is 5.91 Å². The van der Waals surface area contributed by atoms with Gasteiger partial charge < -0.3 is 19.5 Å². The molecule has 3 aromatic rings. The number of ether oxygens (including phenoxy) is 1. The summed E-state index contributed by atoms with van der Waals surface area (Å²) in [5, 5.41) is 8.03. The van der Waals surface area contributed by atoms with Crippen molar-refractivity contribution >= 4 is 40.5 Å². The van der Waals surface area contributed by atoms with Gasteiger partial charge in [0.2, 0.25) is 0 Å². The van der Waals surface area contributed by atoms with Gasteiger partial charge in [-0.05, 0) is 69.5 Å². The van der Waals surface area contributed by atoms with Crippen molar-refractivity contribution in [3.63, 3.8) is 0 Å². The van der Waals surface area contributed by atoms with E-state index in [-0.39, 0.29) is 12.0 Å². The molecular weight excluding hydrogens is 473 g/mol. The van der Waals surface area contributed by atoms with Crippen LogP contribution in [-0.4, -0.2) is 36.9 Å². The predicted molar refractivity (Wildman–Crippen MR) is 137 cm³/mol. The van der Waals surface area contributed by atoms with Crippen LogP contribution in [0, 0.1) is 0 Å². The average molecular weight is 502 g/mol. The molecule has 1 N–H and O–H groups in total. The smallest absolute Gasteiger partial charge is 0.261 e. The molecule has 4 rings (SSSR count). The first-order chi connectivity index (χ1) is 16.5. The highest BCUT2D eigenvalue weighted by molar-refractivity contribution is 6.39. The molecule has 1 fully saturated rings. The summed E-state index contributed by atoms with van der Waals surface area (Å²) in [6, 6.07) is 13.0. The molecule has 1 atom stereocenters. The van der Waals surface area contributed by atoms with E-state index < -0.39 is 0 Å². The van der Waals surface area contributed by atoms with Crippen LogP contribution in [0.1, 0.15) is 49.2 Å². The van der Waals surface area contributed by atoms with Crippen LogP contribution < -0.4 is 10.2 Å². The third-order valence-corrected chi connectivity index (χ3v) is 6.79. The quantitative estimate of drug-likeness (QED) is 0.346. The number of hydrogen-bond donors (Lipinski definition) is 1. The minimum Gasteiger partial charge on any atom is -0.378 e. The van der Waals surface area contributed by atoms with Crippen LogP contribution in [-0.2, 0) is 11.2 Å². The van der Waals surface area contributed by atoms with Crippen molar-refractivity contribution in [2.45, 2.75) is 45.6 Å². The Morgan fingerprint density at radius 3 is 2.44 bits per heavy atom. The Labute approximate surface area is 210 Å². The number of rotatable bonds is 9. The molecule has 180 valence electrons. The number of aryl methyl sites for hydroxylation is 1. The Balaban J connectivity index is 1.63. The monoisotopic (exact) mass is 501 g/mol. The average Bonchev–Trinajstić information content (AvgIpc) is 3.49. The largest absolute Gasteiger partial charge is 0.378 e. The minimum absolute atomic E-state index is 0.168. The number of nitrogens with zero attached hydrogens (tertiary/aromatic N) is 2. The van der Waals surface area contributed by atoms with Crippen LogP contribution in [0.2, 0.25) is 10.0 Å². The summed E-state index contributed by atoms with van der Waals surface area (Å²) in [6.45, 7) is 6.84. The van der Waals surface area contributed by atoms with E-state index in [1.807, 2.05) is 24.3 Å². The van der Waals surface area contributed by atoms with Crippen LogP contribution in [0.15, 0.2) is 47.0 Å². The highest BCUT2D eigenvalue weighted by Crippen LogP contribution is 2.37. The molecule has 2 heterocycles. The molecular formula is C26H29Cl2N3O3. The van der Waals surface area contributed by atoms with Crippen molar-refractivity contribution in [2.75, 3.05) is 29.9 Å². The maximum atomic E-state index is 13.5. The molecule has 0 aliphatic carbocycles. The summed E-state index contributed by atoms with van der Waals surface area (Å²) in [4.78, 5) is 15.7. The van der Waals surface area contributed by atoms with Crippen molar-refractivity contribution in [3.8, 4) is 11.3 Å². The molecule has 0 saturated carbocycles. The van der Waals surface area contributed by atoms with Crippen molar-refractivity contribution in [1.29, 1.82) is 0 Å². The van der Waals surface area contributed by atoms with Crippen LogP contribution >= 0.6 is 23.2 Å². The van der Waals surface area contributed by atoms with Crippen molar-refractivity contribution in [3.05, 3.63) is 63.8 Å². The summed E-state index contributed by atoms with van der Waals surface area (Å²) in [7, 11) is 0. The zero-order valence-electron chi connectivity index (χ0n) is 19.4. The maximum Gasteiger partial charge on any atom is 0.261 e. The summed E-state index contributed by atoms with van der Waals surface area (Å²) < 4.78 is 11.4. The number of hydrogen-bond acceptors (Lipinski definition) is 5. The van der Waals surface area contributed by atoms with Gasteiger partial charge in [0, 0.05) is 43.1 Å². The zero-order valence-corrected chi connectivity index (χ0v) is 21.0. The van der Waals surface area contributed by atoms with E-state index in [1.165, 1.54) is 0 Å². The second-order valence-electron chi connectivity index (χ2n) is 8.27. The van der Waals surface area contributed by atoms with Gasteiger partial charge in [0.15, 0.2) is 0 Å². The Morgan fingerprint density at radius 2 is 1.82 bits per heavy atom. The van der Waals surface area contributed by atoms with Crippen LogP contribution in [0.5, 0.6) is 0 Å². The zero-order chi connectivity index (χ0) is 24.1. The number of aromatic nitrogens is 1. The fraction of sp³-hybridized carbons (Fsp3) is 0.385. The molecule has 1 amide bonds. The summed E-state index contributed by atoms with van der Waals surface area (Å²) in [5.74, 6) is 0.184. The molecule has 1 aliphatic rings. The van der Waals surface area contributed by atoms with Crippen molar-refractivity contribution in [2.24, 2.45) is 0 Å². The van der Waals surface area contributed by atoms with Gasteiger partial charge in [-0.15, -0.1) is 0 Å². The van der Waals surface area contributed by atoms with E-state index >= 15 is 0 Å². The maximum absolute atomic E-state index is 13.5. The number of carbonyl (C=O) groups excluding carboxylic acids is 1. The minimum atomic E-state index is -0.315. The molecule has 0 bridgehead atoms. The molecule has 2 aromatic carbocycles. The van der Waals surface area contributed by atoms with Crippen LogP contribution in [0.3, 0.4) is 0 Å². The van der Waals surface area contributed by atoms with E-state index in [9.17, 15) is 4.79 Å². The first-order valence-electron chi connectivity index (χ1n) is 11.7. The summed E-state index contributed by atoms with van der Waals surface area (Å²) >= 11 is 12.9. The Kier molecular flexibility index (Phi) is 8.14. The molecule has 0 radical (unpaired) electrons.